The van der Waals surface area contributed by atoms with Gasteiger partial charge in [-0.25, -0.2) is 18.4 Å². The molecule has 0 spiro atoms. The van der Waals surface area contributed by atoms with Gasteiger partial charge >= 0.3 is 11.9 Å². The molecule has 0 radical (unpaired) electrons. The number of pyridine rings is 1. The third-order valence-electron chi connectivity index (χ3n) is 3.25. The van der Waals surface area contributed by atoms with E-state index in [2.05, 4.69) is 4.98 Å². The lowest BCUT2D eigenvalue weighted by Gasteiger charge is -2.09. The van der Waals surface area contributed by atoms with Crippen LogP contribution in [0, 0.1) is 11.6 Å². The van der Waals surface area contributed by atoms with Gasteiger partial charge in [0.05, 0.1) is 11.9 Å². The SMILES string of the molecule is O=C(O)C(=O)c1c(F)ccc(COc2ccc(/C=C(\O)C(=O)O)nc2)c1F. The van der Waals surface area contributed by atoms with Gasteiger partial charge in [-0.1, -0.05) is 0 Å². The van der Waals surface area contributed by atoms with Crippen molar-refractivity contribution in [2.75, 3.05) is 0 Å². The van der Waals surface area contributed by atoms with Gasteiger partial charge in [-0.05, 0) is 24.3 Å². The summed E-state index contributed by atoms with van der Waals surface area (Å²) in [6.07, 6.45) is 2.06. The Bertz CT molecular complexity index is 939. The van der Waals surface area contributed by atoms with Gasteiger partial charge in [0.1, 0.15) is 29.6 Å². The van der Waals surface area contributed by atoms with E-state index in [0.29, 0.717) is 0 Å². The summed E-state index contributed by atoms with van der Waals surface area (Å²) >= 11 is 0. The molecule has 0 saturated carbocycles. The Labute approximate surface area is 150 Å². The van der Waals surface area contributed by atoms with Crippen molar-refractivity contribution in [2.24, 2.45) is 0 Å². The van der Waals surface area contributed by atoms with Crippen molar-refractivity contribution in [3.8, 4) is 5.75 Å². The molecule has 0 atom stereocenters. The summed E-state index contributed by atoms with van der Waals surface area (Å²) in [5.41, 5.74) is -1.33. The van der Waals surface area contributed by atoms with Crippen molar-refractivity contribution in [2.45, 2.75) is 6.61 Å². The van der Waals surface area contributed by atoms with Crippen LogP contribution in [0.15, 0.2) is 36.2 Å². The summed E-state index contributed by atoms with van der Waals surface area (Å²) in [4.78, 5) is 36.4. The standard InChI is InChI=1S/C17H11F2NO7/c18-11-4-1-8(14(19)13(11)15(22)17(25)26)7-27-10-3-2-9(20-6-10)5-12(21)16(23)24/h1-6,21H,7H2,(H,23,24)(H,25,26)/b12-5-. The third-order valence-corrected chi connectivity index (χ3v) is 3.25. The molecule has 10 heteroatoms. The molecule has 0 unspecified atom stereocenters. The zero-order valence-corrected chi connectivity index (χ0v) is 13.3. The van der Waals surface area contributed by atoms with Gasteiger partial charge in [0.15, 0.2) is 0 Å². The van der Waals surface area contributed by atoms with Gasteiger partial charge in [-0.15, -0.1) is 0 Å². The predicted octanol–water partition coefficient (Wildman–Crippen LogP) is 2.19. The lowest BCUT2D eigenvalue weighted by atomic mass is 10.1. The van der Waals surface area contributed by atoms with E-state index in [0.717, 1.165) is 24.4 Å². The van der Waals surface area contributed by atoms with Gasteiger partial charge in [-0.2, -0.15) is 0 Å². The molecule has 0 aliphatic carbocycles. The number of carbonyl (C=O) groups is 3. The number of Topliss-reactive ketones (excluding diaryl/α,β-unsaturated/α-hetero) is 1. The van der Waals surface area contributed by atoms with Crippen LogP contribution >= 0.6 is 0 Å². The molecule has 0 bridgehead atoms. The molecule has 0 fully saturated rings. The van der Waals surface area contributed by atoms with E-state index in [1.165, 1.54) is 12.1 Å². The topological polar surface area (TPSA) is 134 Å². The van der Waals surface area contributed by atoms with Crippen LogP contribution in [0.25, 0.3) is 6.08 Å². The van der Waals surface area contributed by atoms with E-state index in [4.69, 9.17) is 20.1 Å². The number of aromatic nitrogens is 1. The second kappa shape index (κ2) is 8.04. The fourth-order valence-corrected chi connectivity index (χ4v) is 1.95. The number of nitrogens with zero attached hydrogens (tertiary/aromatic N) is 1. The Kier molecular flexibility index (Phi) is 5.81. The molecule has 0 saturated heterocycles. The zero-order chi connectivity index (χ0) is 20.1. The number of ketones is 1. The Morgan fingerprint density at radius 2 is 1.74 bits per heavy atom. The number of carbonyl (C=O) groups excluding carboxylic acids is 1. The van der Waals surface area contributed by atoms with Crippen molar-refractivity contribution < 1.29 is 43.2 Å². The fraction of sp³-hybridized carbons (Fsp3) is 0.0588. The summed E-state index contributed by atoms with van der Waals surface area (Å²) in [7, 11) is 0. The summed E-state index contributed by atoms with van der Waals surface area (Å²) in [6, 6.07) is 4.41. The molecule has 8 nitrogen and oxygen atoms in total. The van der Waals surface area contributed by atoms with Gasteiger partial charge in [0.2, 0.25) is 5.76 Å². The van der Waals surface area contributed by atoms with Crippen molar-refractivity contribution >= 4 is 23.8 Å². The van der Waals surface area contributed by atoms with Crippen molar-refractivity contribution in [1.29, 1.82) is 0 Å². The molecular formula is C17H11F2NO7. The number of carboxylic acid groups (broad SMARTS) is 2. The maximum absolute atomic E-state index is 14.2. The first kappa shape index (κ1) is 19.5. The molecule has 3 N–H and O–H groups in total. The van der Waals surface area contributed by atoms with E-state index < -0.39 is 47.3 Å². The van der Waals surface area contributed by atoms with E-state index in [-0.39, 0.29) is 17.0 Å². The number of hydrogen-bond donors (Lipinski definition) is 3. The van der Waals surface area contributed by atoms with Crippen molar-refractivity contribution in [3.63, 3.8) is 0 Å². The van der Waals surface area contributed by atoms with Crippen molar-refractivity contribution in [3.05, 3.63) is 64.7 Å². The average Bonchev–Trinajstić information content (AvgIpc) is 2.62. The Morgan fingerprint density at radius 3 is 2.30 bits per heavy atom. The van der Waals surface area contributed by atoms with Crippen LogP contribution in [0.3, 0.4) is 0 Å². The number of aliphatic carboxylic acids is 2. The molecule has 27 heavy (non-hydrogen) atoms. The first-order valence-electron chi connectivity index (χ1n) is 7.18. The minimum atomic E-state index is -2.00. The number of rotatable bonds is 7. The minimum absolute atomic E-state index is 0.115. The number of aliphatic hydroxyl groups excluding tert-OH is 1. The number of ether oxygens (including phenoxy) is 1. The highest BCUT2D eigenvalue weighted by Crippen LogP contribution is 2.20. The fourth-order valence-electron chi connectivity index (χ4n) is 1.95. The van der Waals surface area contributed by atoms with Crippen LogP contribution in [-0.4, -0.2) is 38.0 Å². The average molecular weight is 379 g/mol. The van der Waals surface area contributed by atoms with Gasteiger partial charge in [-0.3, -0.25) is 9.78 Å². The molecule has 1 heterocycles. The van der Waals surface area contributed by atoms with Crippen LogP contribution < -0.4 is 4.74 Å². The lowest BCUT2D eigenvalue weighted by molar-refractivity contribution is -0.135. The summed E-state index contributed by atoms with van der Waals surface area (Å²) in [5.74, 6) is -8.69. The maximum atomic E-state index is 14.2. The molecule has 0 aliphatic heterocycles. The van der Waals surface area contributed by atoms with E-state index in [1.54, 1.807) is 0 Å². The van der Waals surface area contributed by atoms with Crippen LogP contribution in [-0.2, 0) is 16.2 Å². The highest BCUT2D eigenvalue weighted by molar-refractivity contribution is 6.40. The number of hydrogen-bond acceptors (Lipinski definition) is 6. The Morgan fingerprint density at radius 1 is 1.04 bits per heavy atom. The number of carboxylic acids is 2. The summed E-state index contributed by atoms with van der Waals surface area (Å²) in [6.45, 7) is -0.455. The van der Waals surface area contributed by atoms with Gasteiger partial charge in [0.25, 0.3) is 5.78 Å². The van der Waals surface area contributed by atoms with E-state index >= 15 is 0 Å². The summed E-state index contributed by atoms with van der Waals surface area (Å²) < 4.78 is 33.0. The monoisotopic (exact) mass is 379 g/mol. The Hall–Kier alpha value is -3.82. The largest absolute Gasteiger partial charge is 0.502 e. The molecule has 2 rings (SSSR count). The lowest BCUT2D eigenvalue weighted by Crippen LogP contribution is -2.18. The van der Waals surface area contributed by atoms with Gasteiger partial charge in [0, 0.05) is 11.6 Å². The first-order chi connectivity index (χ1) is 12.7. The van der Waals surface area contributed by atoms with E-state index in [9.17, 15) is 23.2 Å². The highest BCUT2D eigenvalue weighted by atomic mass is 19.1. The van der Waals surface area contributed by atoms with Gasteiger partial charge < -0.3 is 20.1 Å². The number of aliphatic hydroxyl groups is 1. The second-order valence-corrected chi connectivity index (χ2v) is 5.07. The maximum Gasteiger partial charge on any atom is 0.377 e. The normalized spacial score (nSPS) is 11.1. The Balaban J connectivity index is 2.16. The molecular weight excluding hydrogens is 368 g/mol. The molecule has 0 aliphatic rings. The second-order valence-electron chi connectivity index (χ2n) is 5.07. The molecule has 1 aromatic carbocycles. The number of benzene rings is 1. The number of halogens is 2. The van der Waals surface area contributed by atoms with Crippen LogP contribution in [0.2, 0.25) is 0 Å². The third kappa shape index (κ3) is 4.63. The molecule has 1 aromatic heterocycles. The van der Waals surface area contributed by atoms with Crippen LogP contribution in [0.1, 0.15) is 21.6 Å². The minimum Gasteiger partial charge on any atom is -0.502 e. The van der Waals surface area contributed by atoms with Crippen molar-refractivity contribution in [1.82, 2.24) is 4.98 Å². The van der Waals surface area contributed by atoms with Crippen LogP contribution in [0.5, 0.6) is 5.75 Å². The van der Waals surface area contributed by atoms with E-state index in [1.807, 2.05) is 0 Å². The first-order valence-corrected chi connectivity index (χ1v) is 7.18. The molecule has 2 aromatic rings. The summed E-state index contributed by atoms with van der Waals surface area (Å²) in [5, 5.41) is 26.3. The van der Waals surface area contributed by atoms with Crippen LogP contribution in [0.4, 0.5) is 8.78 Å². The molecule has 140 valence electrons. The quantitative estimate of drug-likeness (QED) is 0.288. The zero-order valence-electron chi connectivity index (χ0n) is 13.3. The predicted molar refractivity (Wildman–Crippen MR) is 85.1 cm³/mol. The molecule has 0 amide bonds. The highest BCUT2D eigenvalue weighted by Gasteiger charge is 2.25. The smallest absolute Gasteiger partial charge is 0.377 e.